The topological polar surface area (TPSA) is 61.0 Å². The van der Waals surface area contributed by atoms with Crippen LogP contribution in [0.1, 0.15) is 0 Å². The number of anilines is 1. The van der Waals surface area contributed by atoms with Gasteiger partial charge in [0.1, 0.15) is 15.7 Å². The lowest BCUT2D eigenvalue weighted by atomic mass is 10.5. The van der Waals surface area contributed by atoms with Gasteiger partial charge in [0.2, 0.25) is 5.88 Å². The molecule has 0 aliphatic carbocycles. The van der Waals surface area contributed by atoms with Gasteiger partial charge < -0.3 is 10.5 Å². The standard InChI is InChI=1S/C5H6IN3O/c1-10-5-3(7)4(6)8-2-9-5/h2H,7H2,1H3. The average Bonchev–Trinajstić information content (AvgIpc) is 1.95. The molecule has 0 radical (unpaired) electrons. The molecule has 54 valence electrons. The van der Waals surface area contributed by atoms with Gasteiger partial charge in [-0.15, -0.1) is 0 Å². The van der Waals surface area contributed by atoms with Crippen LogP contribution in [0.25, 0.3) is 0 Å². The Hall–Kier alpha value is -0.590. The monoisotopic (exact) mass is 251 g/mol. The fourth-order valence-electron chi connectivity index (χ4n) is 0.522. The molecule has 1 heterocycles. The van der Waals surface area contributed by atoms with Crippen molar-refractivity contribution < 1.29 is 4.74 Å². The minimum atomic E-state index is 0.430. The lowest BCUT2D eigenvalue weighted by Crippen LogP contribution is -1.99. The molecule has 5 heteroatoms. The molecule has 10 heavy (non-hydrogen) atoms. The van der Waals surface area contributed by atoms with Crippen LogP contribution in [0.3, 0.4) is 0 Å². The van der Waals surface area contributed by atoms with Crippen molar-refractivity contribution >= 4 is 28.3 Å². The number of nitrogens with zero attached hydrogens (tertiary/aromatic N) is 2. The predicted octanol–water partition coefficient (Wildman–Crippen LogP) is 0.672. The summed E-state index contributed by atoms with van der Waals surface area (Å²) in [5, 5.41) is 0. The molecular weight excluding hydrogens is 245 g/mol. The third-order valence-electron chi connectivity index (χ3n) is 0.992. The van der Waals surface area contributed by atoms with E-state index in [-0.39, 0.29) is 0 Å². The summed E-state index contributed by atoms with van der Waals surface area (Å²) in [6, 6.07) is 0. The molecule has 1 rings (SSSR count). The van der Waals surface area contributed by atoms with E-state index < -0.39 is 0 Å². The summed E-state index contributed by atoms with van der Waals surface area (Å²) in [6.07, 6.45) is 1.41. The second-order valence-electron chi connectivity index (χ2n) is 1.59. The fourth-order valence-corrected chi connectivity index (χ4v) is 0.877. The molecule has 1 aromatic heterocycles. The Labute approximate surface area is 72.0 Å². The number of hydrogen-bond acceptors (Lipinski definition) is 4. The maximum Gasteiger partial charge on any atom is 0.241 e. The van der Waals surface area contributed by atoms with Crippen LogP contribution >= 0.6 is 22.6 Å². The summed E-state index contributed by atoms with van der Waals surface area (Å²) in [5.74, 6) is 0.430. The number of halogens is 1. The van der Waals surface area contributed by atoms with Crippen molar-refractivity contribution in [3.8, 4) is 5.88 Å². The molecule has 1 aromatic rings. The van der Waals surface area contributed by atoms with Crippen molar-refractivity contribution in [2.24, 2.45) is 0 Å². The van der Waals surface area contributed by atoms with E-state index in [2.05, 4.69) is 9.97 Å². The molecule has 0 aliphatic heterocycles. The Morgan fingerprint density at radius 3 is 2.80 bits per heavy atom. The number of nitrogen functional groups attached to an aromatic ring is 1. The van der Waals surface area contributed by atoms with E-state index in [9.17, 15) is 0 Å². The minimum Gasteiger partial charge on any atom is -0.479 e. The van der Waals surface area contributed by atoms with Crippen LogP contribution in [-0.2, 0) is 0 Å². The van der Waals surface area contributed by atoms with Crippen LogP contribution in [0.2, 0.25) is 0 Å². The zero-order valence-corrected chi connectivity index (χ0v) is 7.49. The largest absolute Gasteiger partial charge is 0.479 e. The van der Waals surface area contributed by atoms with Crippen LogP contribution in [0, 0.1) is 3.70 Å². The first-order valence-electron chi connectivity index (χ1n) is 2.55. The molecular formula is C5H6IN3O. The maximum atomic E-state index is 5.54. The fraction of sp³-hybridized carbons (Fsp3) is 0.200. The lowest BCUT2D eigenvalue weighted by Gasteiger charge is -2.01. The Bertz CT molecular complexity index is 240. The summed E-state index contributed by atoms with van der Waals surface area (Å²) in [6.45, 7) is 0. The normalized spacial score (nSPS) is 9.40. The molecule has 0 spiro atoms. The van der Waals surface area contributed by atoms with Gasteiger partial charge in [-0.25, -0.2) is 4.98 Å². The Kier molecular flexibility index (Phi) is 2.25. The van der Waals surface area contributed by atoms with Crippen LogP contribution in [0.15, 0.2) is 6.33 Å². The highest BCUT2D eigenvalue weighted by atomic mass is 127. The highest BCUT2D eigenvalue weighted by Crippen LogP contribution is 2.20. The van der Waals surface area contributed by atoms with E-state index in [1.807, 2.05) is 22.6 Å². The molecule has 0 saturated carbocycles. The molecule has 0 fully saturated rings. The first-order valence-corrected chi connectivity index (χ1v) is 3.63. The molecule has 0 atom stereocenters. The van der Waals surface area contributed by atoms with Crippen LogP contribution in [0.4, 0.5) is 5.69 Å². The van der Waals surface area contributed by atoms with Crippen LogP contribution in [-0.4, -0.2) is 17.1 Å². The van der Waals surface area contributed by atoms with Gasteiger partial charge in [-0.2, -0.15) is 4.98 Å². The Balaban J connectivity index is 3.14. The Morgan fingerprint density at radius 2 is 2.30 bits per heavy atom. The average molecular weight is 251 g/mol. The minimum absolute atomic E-state index is 0.430. The van der Waals surface area contributed by atoms with E-state index in [1.54, 1.807) is 0 Å². The molecule has 0 aliphatic rings. The zero-order valence-electron chi connectivity index (χ0n) is 5.34. The third kappa shape index (κ3) is 1.28. The van der Waals surface area contributed by atoms with Gasteiger partial charge in [-0.3, -0.25) is 0 Å². The quantitative estimate of drug-likeness (QED) is 0.588. The van der Waals surface area contributed by atoms with Crippen molar-refractivity contribution in [2.75, 3.05) is 12.8 Å². The summed E-state index contributed by atoms with van der Waals surface area (Å²) in [5.41, 5.74) is 6.03. The van der Waals surface area contributed by atoms with Gasteiger partial charge in [0.25, 0.3) is 0 Å². The van der Waals surface area contributed by atoms with Gasteiger partial charge in [-0.05, 0) is 22.6 Å². The summed E-state index contributed by atoms with van der Waals surface area (Å²) >= 11 is 2.02. The van der Waals surface area contributed by atoms with Gasteiger partial charge in [0, 0.05) is 0 Å². The number of ether oxygens (including phenoxy) is 1. The third-order valence-corrected chi connectivity index (χ3v) is 1.85. The van der Waals surface area contributed by atoms with Gasteiger partial charge in [0.15, 0.2) is 0 Å². The van der Waals surface area contributed by atoms with Crippen molar-refractivity contribution in [1.29, 1.82) is 0 Å². The zero-order chi connectivity index (χ0) is 7.56. The van der Waals surface area contributed by atoms with Gasteiger partial charge in [-0.1, -0.05) is 0 Å². The molecule has 0 bridgehead atoms. The number of hydrogen-bond donors (Lipinski definition) is 1. The Morgan fingerprint density at radius 1 is 1.60 bits per heavy atom. The second kappa shape index (κ2) is 3.00. The number of nitrogens with two attached hydrogens (primary N) is 1. The van der Waals surface area contributed by atoms with E-state index in [0.717, 1.165) is 0 Å². The van der Waals surface area contributed by atoms with Crippen LogP contribution in [0.5, 0.6) is 5.88 Å². The highest BCUT2D eigenvalue weighted by molar-refractivity contribution is 14.1. The summed E-state index contributed by atoms with van der Waals surface area (Å²) in [4.78, 5) is 7.65. The molecule has 0 unspecified atom stereocenters. The number of rotatable bonds is 1. The van der Waals surface area contributed by atoms with Gasteiger partial charge >= 0.3 is 0 Å². The van der Waals surface area contributed by atoms with E-state index in [1.165, 1.54) is 13.4 Å². The maximum absolute atomic E-state index is 5.54. The van der Waals surface area contributed by atoms with Crippen molar-refractivity contribution in [2.45, 2.75) is 0 Å². The van der Waals surface area contributed by atoms with E-state index in [4.69, 9.17) is 10.5 Å². The summed E-state index contributed by atoms with van der Waals surface area (Å²) < 4.78 is 5.56. The van der Waals surface area contributed by atoms with E-state index >= 15 is 0 Å². The van der Waals surface area contributed by atoms with Gasteiger partial charge in [0.05, 0.1) is 7.11 Å². The van der Waals surface area contributed by atoms with Crippen molar-refractivity contribution in [3.05, 3.63) is 10.0 Å². The molecule has 0 saturated heterocycles. The highest BCUT2D eigenvalue weighted by Gasteiger charge is 2.03. The predicted molar refractivity (Wildman–Crippen MR) is 45.7 cm³/mol. The first kappa shape index (κ1) is 7.52. The molecule has 4 nitrogen and oxygen atoms in total. The molecule has 0 amide bonds. The van der Waals surface area contributed by atoms with Crippen molar-refractivity contribution in [1.82, 2.24) is 9.97 Å². The smallest absolute Gasteiger partial charge is 0.241 e. The number of aromatic nitrogens is 2. The second-order valence-corrected chi connectivity index (χ2v) is 2.61. The van der Waals surface area contributed by atoms with E-state index in [0.29, 0.717) is 15.3 Å². The first-order chi connectivity index (χ1) is 4.75. The summed E-state index contributed by atoms with van der Waals surface area (Å²) in [7, 11) is 1.52. The van der Waals surface area contributed by atoms with Crippen molar-refractivity contribution in [3.63, 3.8) is 0 Å². The molecule has 0 aromatic carbocycles. The SMILES string of the molecule is COc1ncnc(I)c1N. The number of methoxy groups -OCH3 is 1. The van der Waals surface area contributed by atoms with Crippen LogP contribution < -0.4 is 10.5 Å². The lowest BCUT2D eigenvalue weighted by molar-refractivity contribution is 0.399. The molecule has 2 N–H and O–H groups in total.